The fourth-order valence-electron chi connectivity index (χ4n) is 6.93. The Bertz CT molecular complexity index is 750. The molecular weight excluding hydrogens is 380 g/mol. The van der Waals surface area contributed by atoms with E-state index in [1.807, 2.05) is 0 Å². The van der Waals surface area contributed by atoms with Crippen LogP contribution in [0.4, 0.5) is 0 Å². The van der Waals surface area contributed by atoms with Crippen LogP contribution in [0, 0.1) is 34.5 Å². The van der Waals surface area contributed by atoms with Gasteiger partial charge >= 0.3 is 11.9 Å². The van der Waals surface area contributed by atoms with Gasteiger partial charge in [-0.1, -0.05) is 37.1 Å². The number of hydrogen-bond acceptors (Lipinski definition) is 4. The lowest BCUT2D eigenvalue weighted by molar-refractivity contribution is -0.145. The second-order valence-corrected chi connectivity index (χ2v) is 10.2. The van der Waals surface area contributed by atoms with E-state index >= 15 is 0 Å². The van der Waals surface area contributed by atoms with Crippen LogP contribution in [-0.4, -0.2) is 35.2 Å². The van der Waals surface area contributed by atoms with Gasteiger partial charge in [-0.3, -0.25) is 9.59 Å². The van der Waals surface area contributed by atoms with Crippen LogP contribution in [0.1, 0.15) is 65.2 Å². The first-order valence-corrected chi connectivity index (χ1v) is 11.5. The fraction of sp³-hybridized carbons (Fsp3) is 0.750. The Morgan fingerprint density at radius 1 is 0.867 bits per heavy atom. The Kier molecular flexibility index (Phi) is 5.62. The van der Waals surface area contributed by atoms with Crippen molar-refractivity contribution < 1.29 is 19.8 Å². The maximum atomic E-state index is 11.5. The van der Waals surface area contributed by atoms with E-state index in [9.17, 15) is 19.8 Å². The second kappa shape index (κ2) is 7.93. The molecule has 164 valence electrons. The number of carboxylic acid groups (broad SMARTS) is 2. The molecule has 6 heteroatoms. The van der Waals surface area contributed by atoms with Crippen molar-refractivity contribution in [1.82, 2.24) is 0 Å². The molecule has 6 nitrogen and oxygen atoms in total. The Labute approximate surface area is 178 Å². The molecule has 0 aromatic heterocycles. The van der Waals surface area contributed by atoms with Gasteiger partial charge in [0.05, 0.1) is 25.9 Å². The maximum absolute atomic E-state index is 11.5. The highest BCUT2D eigenvalue weighted by molar-refractivity contribution is 5.68. The van der Waals surface area contributed by atoms with E-state index in [1.165, 1.54) is 11.1 Å². The fourth-order valence-corrected chi connectivity index (χ4v) is 6.93. The normalized spacial score (nSPS) is 39.0. The van der Waals surface area contributed by atoms with E-state index in [0.717, 1.165) is 38.5 Å². The van der Waals surface area contributed by atoms with Crippen molar-refractivity contribution >= 4 is 11.9 Å². The van der Waals surface area contributed by atoms with E-state index in [2.05, 4.69) is 36.2 Å². The van der Waals surface area contributed by atoms with E-state index < -0.39 is 11.9 Å². The van der Waals surface area contributed by atoms with Crippen LogP contribution in [-0.2, 0) is 9.59 Å². The predicted octanol–water partition coefficient (Wildman–Crippen LogP) is 5.11. The van der Waals surface area contributed by atoms with Crippen LogP contribution in [0.2, 0.25) is 0 Å². The number of carboxylic acids is 2. The first-order valence-electron chi connectivity index (χ1n) is 11.5. The van der Waals surface area contributed by atoms with Crippen molar-refractivity contribution in [2.75, 3.05) is 13.1 Å². The summed E-state index contributed by atoms with van der Waals surface area (Å²) >= 11 is 0. The average Bonchev–Trinajstić information content (AvgIpc) is 3.20. The molecule has 0 aromatic carbocycles. The summed E-state index contributed by atoms with van der Waals surface area (Å²) < 4.78 is 0. The molecule has 4 aliphatic carbocycles. The molecule has 0 aliphatic heterocycles. The van der Waals surface area contributed by atoms with Crippen LogP contribution in [0.5, 0.6) is 0 Å². The molecule has 4 rings (SSSR count). The summed E-state index contributed by atoms with van der Waals surface area (Å²) in [6.07, 6.45) is 10.9. The molecule has 0 amide bonds. The van der Waals surface area contributed by atoms with Gasteiger partial charge in [-0.05, 0) is 62.2 Å². The highest BCUT2D eigenvalue weighted by atomic mass is 16.4. The van der Waals surface area contributed by atoms with Crippen LogP contribution < -0.4 is 0 Å². The SMILES string of the molecule is CCC1=C[C@@H]2[C@H](C1)C[C@]2(CN=NC[C@@]1(CC(=O)O)C[C@@H]2CC(CC)=C[C@@H]21)CC(=O)O. The molecule has 4 aliphatic rings. The van der Waals surface area contributed by atoms with Gasteiger partial charge in [0.1, 0.15) is 0 Å². The van der Waals surface area contributed by atoms with Gasteiger partial charge in [0.2, 0.25) is 0 Å². The van der Waals surface area contributed by atoms with Crippen molar-refractivity contribution in [2.24, 2.45) is 44.7 Å². The molecule has 0 unspecified atom stereocenters. The monoisotopic (exact) mass is 414 g/mol. The summed E-state index contributed by atoms with van der Waals surface area (Å²) in [5, 5.41) is 27.9. The van der Waals surface area contributed by atoms with Crippen LogP contribution >= 0.6 is 0 Å². The molecule has 0 saturated heterocycles. The van der Waals surface area contributed by atoms with Gasteiger partial charge in [-0.15, -0.1) is 0 Å². The minimum Gasteiger partial charge on any atom is -0.481 e. The summed E-state index contributed by atoms with van der Waals surface area (Å²) in [5.74, 6) is 0.193. The maximum Gasteiger partial charge on any atom is 0.304 e. The summed E-state index contributed by atoms with van der Waals surface area (Å²) in [7, 11) is 0. The van der Waals surface area contributed by atoms with Crippen molar-refractivity contribution in [1.29, 1.82) is 0 Å². The Morgan fingerprint density at radius 3 is 1.60 bits per heavy atom. The lowest BCUT2D eigenvalue weighted by Crippen LogP contribution is -2.49. The smallest absolute Gasteiger partial charge is 0.304 e. The van der Waals surface area contributed by atoms with E-state index in [1.54, 1.807) is 0 Å². The zero-order chi connectivity index (χ0) is 21.5. The molecule has 2 fully saturated rings. The average molecular weight is 415 g/mol. The largest absolute Gasteiger partial charge is 0.481 e. The highest BCUT2D eigenvalue weighted by Gasteiger charge is 2.57. The van der Waals surface area contributed by atoms with Gasteiger partial charge < -0.3 is 10.2 Å². The van der Waals surface area contributed by atoms with Gasteiger partial charge in [-0.2, -0.15) is 10.2 Å². The second-order valence-electron chi connectivity index (χ2n) is 10.2. The minimum atomic E-state index is -0.769. The topological polar surface area (TPSA) is 99.3 Å². The number of fused-ring (bicyclic) bond motifs is 2. The molecule has 0 aromatic rings. The molecule has 0 heterocycles. The van der Waals surface area contributed by atoms with Crippen molar-refractivity contribution in [2.45, 2.75) is 65.2 Å². The summed E-state index contributed by atoms with van der Waals surface area (Å²) in [5.41, 5.74) is 2.24. The molecule has 2 saturated carbocycles. The summed E-state index contributed by atoms with van der Waals surface area (Å²) in [6.45, 7) is 5.18. The van der Waals surface area contributed by atoms with Gasteiger partial charge in [0.15, 0.2) is 0 Å². The third kappa shape index (κ3) is 3.63. The number of carbonyl (C=O) groups is 2. The Balaban J connectivity index is 1.43. The Morgan fingerprint density at radius 2 is 1.27 bits per heavy atom. The number of azo groups is 1. The van der Waals surface area contributed by atoms with Gasteiger partial charge in [0, 0.05) is 10.8 Å². The standard InChI is InChI=1S/C24H34N2O4/c1-3-15-5-17-9-23(11-21(27)28,19(17)7-15)13-25-26-14-24(12-22(29)30)10-18-6-16(4-2)8-20(18)24/h7-8,17-20H,3-6,9-14H2,1-2H3,(H,27,28)(H,29,30)/t17-,18+,19-,20+,23-,24+. The lowest BCUT2D eigenvalue weighted by Gasteiger charge is -2.51. The highest BCUT2D eigenvalue weighted by Crippen LogP contribution is 2.61. The van der Waals surface area contributed by atoms with Crippen LogP contribution in [0.15, 0.2) is 33.5 Å². The zero-order valence-electron chi connectivity index (χ0n) is 18.1. The molecule has 6 atom stereocenters. The van der Waals surface area contributed by atoms with Crippen molar-refractivity contribution in [3.05, 3.63) is 23.3 Å². The van der Waals surface area contributed by atoms with Crippen molar-refractivity contribution in [3.63, 3.8) is 0 Å². The first-order chi connectivity index (χ1) is 14.3. The number of rotatable bonds is 10. The molecule has 0 radical (unpaired) electrons. The molecule has 0 bridgehead atoms. The van der Waals surface area contributed by atoms with Crippen LogP contribution in [0.25, 0.3) is 0 Å². The van der Waals surface area contributed by atoms with Gasteiger partial charge in [0.25, 0.3) is 0 Å². The molecular formula is C24H34N2O4. The van der Waals surface area contributed by atoms with Crippen LogP contribution in [0.3, 0.4) is 0 Å². The Hall–Kier alpha value is -1.98. The number of aliphatic carboxylic acids is 2. The predicted molar refractivity (Wildman–Crippen MR) is 113 cm³/mol. The third-order valence-electron chi connectivity index (χ3n) is 8.43. The first kappa shape index (κ1) is 21.3. The number of allylic oxidation sites excluding steroid dienone is 4. The van der Waals surface area contributed by atoms with E-state index in [4.69, 9.17) is 0 Å². The summed E-state index contributed by atoms with van der Waals surface area (Å²) in [4.78, 5) is 23.1. The number of nitrogens with zero attached hydrogens (tertiary/aromatic N) is 2. The van der Waals surface area contributed by atoms with E-state index in [-0.39, 0.29) is 23.7 Å². The lowest BCUT2D eigenvalue weighted by atomic mass is 9.53. The van der Waals surface area contributed by atoms with E-state index in [0.29, 0.717) is 36.8 Å². The van der Waals surface area contributed by atoms with Crippen molar-refractivity contribution in [3.8, 4) is 0 Å². The van der Waals surface area contributed by atoms with Gasteiger partial charge in [-0.25, -0.2) is 0 Å². The molecule has 2 N–H and O–H groups in total. The molecule has 0 spiro atoms. The third-order valence-corrected chi connectivity index (χ3v) is 8.43. The summed E-state index contributed by atoms with van der Waals surface area (Å²) in [6, 6.07) is 0. The quantitative estimate of drug-likeness (QED) is 0.383. The molecule has 30 heavy (non-hydrogen) atoms. The number of hydrogen-bond donors (Lipinski definition) is 2. The zero-order valence-corrected chi connectivity index (χ0v) is 18.1. The minimum absolute atomic E-state index is 0.133.